The monoisotopic (exact) mass is 599 g/mol. The summed E-state index contributed by atoms with van der Waals surface area (Å²) in [7, 11) is 0. The van der Waals surface area contributed by atoms with Gasteiger partial charge in [0.15, 0.2) is 34.6 Å². The summed E-state index contributed by atoms with van der Waals surface area (Å²) < 4.78 is 36.1. The van der Waals surface area contributed by atoms with Gasteiger partial charge in [-0.15, -0.1) is 0 Å². The Balaban J connectivity index is 1.29. The van der Waals surface area contributed by atoms with Gasteiger partial charge in [-0.25, -0.2) is 13.8 Å². The number of carbonyl (C=O) groups is 2. The number of aliphatic hydroxyl groups is 1. The summed E-state index contributed by atoms with van der Waals surface area (Å²) in [6.45, 7) is 1.62. The number of ketones is 2. The van der Waals surface area contributed by atoms with E-state index in [-0.39, 0.29) is 53.9 Å². The minimum atomic E-state index is -0.744. The van der Waals surface area contributed by atoms with Crippen molar-refractivity contribution in [1.82, 2.24) is 19.7 Å². The molecule has 0 bridgehead atoms. The summed E-state index contributed by atoms with van der Waals surface area (Å²) in [6.07, 6.45) is 2.46. The van der Waals surface area contributed by atoms with E-state index in [0.717, 1.165) is 6.07 Å². The molecule has 0 unspecified atom stereocenters. The molecule has 3 aromatic heterocycles. The van der Waals surface area contributed by atoms with Crippen molar-refractivity contribution in [3.05, 3.63) is 105 Å². The summed E-state index contributed by atoms with van der Waals surface area (Å²) in [5.74, 6) is -1.49. The molecule has 0 spiro atoms. The number of anilines is 1. The first kappa shape index (κ1) is 28.9. The van der Waals surface area contributed by atoms with Gasteiger partial charge in [0, 0.05) is 48.1 Å². The zero-order chi connectivity index (χ0) is 31.0. The van der Waals surface area contributed by atoms with E-state index in [1.807, 2.05) is 0 Å². The van der Waals surface area contributed by atoms with Crippen LogP contribution >= 0.6 is 0 Å². The van der Waals surface area contributed by atoms with Crippen molar-refractivity contribution >= 4 is 28.4 Å². The number of hydrogen-bond donors (Lipinski definition) is 3. The van der Waals surface area contributed by atoms with Crippen LogP contribution in [0.2, 0.25) is 0 Å². The number of ether oxygens (including phenoxy) is 1. The number of nitrogens with one attached hydrogen (secondary N) is 2. The first-order valence-corrected chi connectivity index (χ1v) is 14.0. The predicted octanol–water partition coefficient (Wildman–Crippen LogP) is 4.92. The zero-order valence-corrected chi connectivity index (χ0v) is 23.6. The molecule has 1 aliphatic carbocycles. The first-order chi connectivity index (χ1) is 21.2. The molecule has 224 valence electrons. The van der Waals surface area contributed by atoms with Crippen LogP contribution in [0, 0.1) is 11.6 Å². The lowest BCUT2D eigenvalue weighted by atomic mass is 9.91. The molecule has 0 aliphatic heterocycles. The fourth-order valence-electron chi connectivity index (χ4n) is 5.28. The summed E-state index contributed by atoms with van der Waals surface area (Å²) in [4.78, 5) is 44.0. The van der Waals surface area contributed by atoms with Gasteiger partial charge in [0.25, 0.3) is 5.56 Å². The number of rotatable bonds is 9. The fourth-order valence-corrected chi connectivity index (χ4v) is 5.28. The molecule has 6 rings (SSSR count). The molecule has 2 aromatic carbocycles. The van der Waals surface area contributed by atoms with E-state index in [1.165, 1.54) is 53.2 Å². The van der Waals surface area contributed by atoms with E-state index in [4.69, 9.17) is 4.74 Å². The molecule has 0 amide bonds. The third kappa shape index (κ3) is 5.47. The number of aromatic amines is 1. The van der Waals surface area contributed by atoms with E-state index >= 15 is 4.39 Å². The molecule has 5 aromatic rings. The van der Waals surface area contributed by atoms with Gasteiger partial charge in [-0.3, -0.25) is 24.0 Å². The van der Waals surface area contributed by atoms with Gasteiger partial charge in [0.1, 0.15) is 17.0 Å². The Morgan fingerprint density at radius 2 is 1.89 bits per heavy atom. The number of fused-ring (bicyclic) bond motifs is 2. The molecule has 1 aliphatic rings. The maximum atomic E-state index is 15.3. The summed E-state index contributed by atoms with van der Waals surface area (Å²) in [6, 6.07) is 11.9. The van der Waals surface area contributed by atoms with Crippen molar-refractivity contribution in [2.45, 2.75) is 38.6 Å². The van der Waals surface area contributed by atoms with Crippen LogP contribution in [0.5, 0.6) is 11.5 Å². The fraction of sp³-hybridized carbons (Fsp3) is 0.219. The van der Waals surface area contributed by atoms with E-state index in [2.05, 4.69) is 20.5 Å². The number of aromatic nitrogens is 4. The highest BCUT2D eigenvalue weighted by Gasteiger charge is 2.26. The molecule has 1 atom stereocenters. The summed E-state index contributed by atoms with van der Waals surface area (Å²) in [5, 5.41) is 19.8. The van der Waals surface area contributed by atoms with Crippen LogP contribution in [0.4, 0.5) is 14.6 Å². The number of pyridine rings is 2. The molecule has 3 N–H and O–H groups in total. The Hall–Kier alpha value is -5.23. The normalized spacial score (nSPS) is 13.5. The van der Waals surface area contributed by atoms with Crippen molar-refractivity contribution < 1.29 is 28.2 Å². The molecule has 44 heavy (non-hydrogen) atoms. The second kappa shape index (κ2) is 11.8. The molecule has 12 heteroatoms. The first-order valence-electron chi connectivity index (χ1n) is 14.0. The van der Waals surface area contributed by atoms with Gasteiger partial charge >= 0.3 is 0 Å². The van der Waals surface area contributed by atoms with Crippen LogP contribution in [-0.2, 0) is 12.8 Å². The lowest BCUT2D eigenvalue weighted by Gasteiger charge is -2.21. The second-order valence-corrected chi connectivity index (χ2v) is 10.6. The molecule has 0 fully saturated rings. The molecule has 0 radical (unpaired) electrons. The minimum Gasteiger partial charge on any atom is -0.453 e. The van der Waals surface area contributed by atoms with E-state index in [0.29, 0.717) is 46.6 Å². The maximum Gasteiger partial charge on any atom is 0.266 e. The van der Waals surface area contributed by atoms with Gasteiger partial charge in [-0.2, -0.15) is 5.10 Å². The number of nitrogens with zero attached hydrogens (tertiary/aromatic N) is 3. The zero-order valence-electron chi connectivity index (χ0n) is 23.6. The highest BCUT2D eigenvalue weighted by atomic mass is 19.1. The van der Waals surface area contributed by atoms with Crippen molar-refractivity contribution in [2.24, 2.45) is 0 Å². The smallest absolute Gasteiger partial charge is 0.266 e. The van der Waals surface area contributed by atoms with Crippen LogP contribution in [0.1, 0.15) is 51.7 Å². The number of H-pyrrole nitrogens is 1. The number of Topliss-reactive ketones (excluding diaryl/α,β-unsaturated/α-hetero) is 2. The van der Waals surface area contributed by atoms with Gasteiger partial charge in [0.2, 0.25) is 0 Å². The van der Waals surface area contributed by atoms with E-state index in [1.54, 1.807) is 13.0 Å². The summed E-state index contributed by atoms with van der Waals surface area (Å²) in [5.41, 5.74) is 0.957. The molecular weight excluding hydrogens is 572 g/mol. The maximum absolute atomic E-state index is 15.3. The van der Waals surface area contributed by atoms with Crippen molar-refractivity contribution in [3.8, 4) is 17.2 Å². The SMILES string of the molecule is C[C@H](CO)Nc1n[nH]c2nccc(Oc3ccc(CC(=O)c4cc5c(n(-c6ccc(F)cc6)c4=O)CCCC5=O)cc3F)c12. The number of halogens is 2. The topological polar surface area (TPSA) is 139 Å². The van der Waals surface area contributed by atoms with E-state index in [9.17, 15) is 23.9 Å². The van der Waals surface area contributed by atoms with Crippen molar-refractivity contribution in [2.75, 3.05) is 11.9 Å². The molecule has 3 heterocycles. The Kier molecular flexibility index (Phi) is 7.75. The predicted molar refractivity (Wildman–Crippen MR) is 158 cm³/mol. The van der Waals surface area contributed by atoms with Crippen LogP contribution < -0.4 is 15.6 Å². The Morgan fingerprint density at radius 1 is 1.09 bits per heavy atom. The minimum absolute atomic E-state index is 0.117. The highest BCUT2D eigenvalue weighted by molar-refractivity contribution is 6.03. The lowest BCUT2D eigenvalue weighted by Crippen LogP contribution is -2.32. The third-order valence-corrected chi connectivity index (χ3v) is 7.47. The van der Waals surface area contributed by atoms with Crippen LogP contribution in [0.25, 0.3) is 16.7 Å². The van der Waals surface area contributed by atoms with Crippen LogP contribution in [0.3, 0.4) is 0 Å². The molecule has 10 nitrogen and oxygen atoms in total. The van der Waals surface area contributed by atoms with Crippen LogP contribution in [0.15, 0.2) is 65.6 Å². The standard InChI is InChI=1S/C32H27F2N5O5/c1-17(16-40)36-31-29-28(11-12-35-30(29)37-38-31)44-27-10-5-18(13-23(27)34)14-26(42)22-15-21-24(3-2-4-25(21)41)39(32(22)43)20-8-6-19(33)7-9-20/h5-13,15,17,40H,2-4,14,16H2,1H3,(H2,35,36,37,38)/t17-/m1/s1. The number of hydrogen-bond acceptors (Lipinski definition) is 8. The van der Waals surface area contributed by atoms with Crippen molar-refractivity contribution in [3.63, 3.8) is 0 Å². The third-order valence-electron chi connectivity index (χ3n) is 7.47. The van der Waals surface area contributed by atoms with Gasteiger partial charge < -0.3 is 15.2 Å². The van der Waals surface area contributed by atoms with Crippen molar-refractivity contribution in [1.29, 1.82) is 0 Å². The average molecular weight is 600 g/mol. The number of aliphatic hydroxyl groups excluding tert-OH is 1. The Labute approximate surface area is 249 Å². The second-order valence-electron chi connectivity index (χ2n) is 10.6. The Bertz CT molecular complexity index is 1970. The Morgan fingerprint density at radius 3 is 2.64 bits per heavy atom. The number of carbonyl (C=O) groups excluding carboxylic acids is 2. The lowest BCUT2D eigenvalue weighted by molar-refractivity contribution is 0.0971. The van der Waals surface area contributed by atoms with Crippen LogP contribution in [-0.4, -0.2) is 49.1 Å². The molecule has 0 saturated heterocycles. The number of benzene rings is 2. The molecule has 0 saturated carbocycles. The van der Waals surface area contributed by atoms with E-state index < -0.39 is 23.0 Å². The van der Waals surface area contributed by atoms with Gasteiger partial charge in [0.05, 0.1) is 12.2 Å². The molecular formula is C32H27F2N5O5. The largest absolute Gasteiger partial charge is 0.453 e. The average Bonchev–Trinajstić information content (AvgIpc) is 3.42. The summed E-state index contributed by atoms with van der Waals surface area (Å²) >= 11 is 0. The quantitative estimate of drug-likeness (QED) is 0.203. The van der Waals surface area contributed by atoms with Gasteiger partial charge in [-0.1, -0.05) is 6.07 Å². The van der Waals surface area contributed by atoms with Gasteiger partial charge in [-0.05, 0) is 67.8 Å². The highest BCUT2D eigenvalue weighted by Crippen LogP contribution is 2.34.